The van der Waals surface area contributed by atoms with Gasteiger partial charge in [-0.25, -0.2) is 8.42 Å². The SMILES string of the molecule is CCN(c1ccc(CCN)cc1)S(=O)(=O)c1cc(Cl)ccc1Cl. The monoisotopic (exact) mass is 372 g/mol. The van der Waals surface area contributed by atoms with E-state index in [-0.39, 0.29) is 16.5 Å². The Balaban J connectivity index is 2.44. The number of rotatable bonds is 6. The molecule has 2 aromatic rings. The van der Waals surface area contributed by atoms with E-state index in [0.29, 0.717) is 17.3 Å². The number of sulfonamides is 1. The van der Waals surface area contributed by atoms with Crippen molar-refractivity contribution in [2.24, 2.45) is 5.73 Å². The predicted octanol–water partition coefficient (Wildman–Crippen LogP) is 3.71. The van der Waals surface area contributed by atoms with Crippen molar-refractivity contribution in [3.63, 3.8) is 0 Å². The lowest BCUT2D eigenvalue weighted by Crippen LogP contribution is -2.31. The van der Waals surface area contributed by atoms with E-state index in [4.69, 9.17) is 28.9 Å². The molecule has 7 heteroatoms. The second-order valence-corrected chi connectivity index (χ2v) is 7.62. The molecule has 0 unspecified atom stereocenters. The molecule has 0 fully saturated rings. The van der Waals surface area contributed by atoms with Crippen LogP contribution in [0.4, 0.5) is 5.69 Å². The topological polar surface area (TPSA) is 63.4 Å². The van der Waals surface area contributed by atoms with Crippen molar-refractivity contribution < 1.29 is 8.42 Å². The molecule has 23 heavy (non-hydrogen) atoms. The first-order valence-corrected chi connectivity index (χ1v) is 9.36. The van der Waals surface area contributed by atoms with Gasteiger partial charge in [-0.3, -0.25) is 4.31 Å². The highest BCUT2D eigenvalue weighted by Gasteiger charge is 2.26. The van der Waals surface area contributed by atoms with E-state index in [1.807, 2.05) is 12.1 Å². The molecular weight excluding hydrogens is 355 g/mol. The first kappa shape index (κ1) is 18.1. The Labute approximate surface area is 146 Å². The normalized spacial score (nSPS) is 11.5. The summed E-state index contributed by atoms with van der Waals surface area (Å²) in [4.78, 5) is -0.000415. The largest absolute Gasteiger partial charge is 0.330 e. The van der Waals surface area contributed by atoms with Gasteiger partial charge in [0.05, 0.1) is 10.7 Å². The van der Waals surface area contributed by atoms with Gasteiger partial charge in [-0.2, -0.15) is 0 Å². The van der Waals surface area contributed by atoms with Gasteiger partial charge >= 0.3 is 0 Å². The molecule has 0 heterocycles. The van der Waals surface area contributed by atoms with E-state index in [0.717, 1.165) is 12.0 Å². The molecule has 0 saturated carbocycles. The van der Waals surface area contributed by atoms with E-state index in [1.165, 1.54) is 16.4 Å². The van der Waals surface area contributed by atoms with Crippen molar-refractivity contribution in [1.82, 2.24) is 0 Å². The van der Waals surface area contributed by atoms with Crippen LogP contribution in [0.2, 0.25) is 10.0 Å². The van der Waals surface area contributed by atoms with Crippen molar-refractivity contribution >= 4 is 38.9 Å². The fourth-order valence-electron chi connectivity index (χ4n) is 2.28. The van der Waals surface area contributed by atoms with Crippen molar-refractivity contribution in [1.29, 1.82) is 0 Å². The van der Waals surface area contributed by atoms with Crippen molar-refractivity contribution in [3.05, 3.63) is 58.1 Å². The van der Waals surface area contributed by atoms with Crippen LogP contribution in [0.25, 0.3) is 0 Å². The van der Waals surface area contributed by atoms with Gasteiger partial charge in [0.15, 0.2) is 0 Å². The Morgan fingerprint density at radius 2 is 1.74 bits per heavy atom. The Morgan fingerprint density at radius 1 is 1.09 bits per heavy atom. The van der Waals surface area contributed by atoms with Gasteiger partial charge in [0, 0.05) is 11.6 Å². The number of anilines is 1. The van der Waals surface area contributed by atoms with Crippen molar-refractivity contribution in [3.8, 4) is 0 Å². The predicted molar refractivity (Wildman–Crippen MR) is 95.9 cm³/mol. The van der Waals surface area contributed by atoms with Crippen LogP contribution in [0.3, 0.4) is 0 Å². The van der Waals surface area contributed by atoms with Gasteiger partial charge in [0.1, 0.15) is 4.90 Å². The highest BCUT2D eigenvalue weighted by atomic mass is 35.5. The quantitative estimate of drug-likeness (QED) is 0.840. The molecule has 0 aliphatic heterocycles. The summed E-state index contributed by atoms with van der Waals surface area (Å²) in [6.07, 6.45) is 0.749. The molecule has 0 amide bonds. The maximum absolute atomic E-state index is 12.9. The van der Waals surface area contributed by atoms with Crippen LogP contribution in [0.1, 0.15) is 12.5 Å². The molecule has 2 rings (SSSR count). The summed E-state index contributed by atoms with van der Waals surface area (Å²) in [6, 6.07) is 11.7. The van der Waals surface area contributed by atoms with Crippen LogP contribution in [0.5, 0.6) is 0 Å². The zero-order valence-electron chi connectivity index (χ0n) is 12.7. The second-order valence-electron chi connectivity index (χ2n) is 4.95. The van der Waals surface area contributed by atoms with Gasteiger partial charge in [0.25, 0.3) is 10.0 Å². The summed E-state index contributed by atoms with van der Waals surface area (Å²) in [5.74, 6) is 0. The molecule has 0 aliphatic rings. The molecule has 0 atom stereocenters. The van der Waals surface area contributed by atoms with Crippen LogP contribution in [0, 0.1) is 0 Å². The summed E-state index contributed by atoms with van der Waals surface area (Å²) in [5.41, 5.74) is 7.16. The molecule has 0 aliphatic carbocycles. The third-order valence-corrected chi connectivity index (χ3v) is 6.03. The summed E-state index contributed by atoms with van der Waals surface area (Å²) in [6.45, 7) is 2.60. The third kappa shape index (κ3) is 3.98. The zero-order valence-corrected chi connectivity index (χ0v) is 15.0. The van der Waals surface area contributed by atoms with Gasteiger partial charge in [-0.05, 0) is 55.8 Å². The molecule has 0 saturated heterocycles. The minimum absolute atomic E-state index is 0.000415. The summed E-state index contributed by atoms with van der Waals surface area (Å²) >= 11 is 12.0. The van der Waals surface area contributed by atoms with Crippen LogP contribution in [-0.4, -0.2) is 21.5 Å². The standard InChI is InChI=1S/C16H18Cl2N2O2S/c1-2-20(14-6-3-12(4-7-14)9-10-19)23(21,22)16-11-13(17)5-8-15(16)18/h3-8,11H,2,9-10,19H2,1H3. The molecular formula is C16H18Cl2N2O2S. The Hall–Kier alpha value is -1.27. The molecule has 124 valence electrons. The second kappa shape index (κ2) is 7.53. The fraction of sp³-hybridized carbons (Fsp3) is 0.250. The number of hydrogen-bond acceptors (Lipinski definition) is 3. The summed E-state index contributed by atoms with van der Waals surface area (Å²) in [5, 5.41) is 0.468. The Bertz CT molecular complexity index is 777. The molecule has 0 aromatic heterocycles. The molecule has 2 N–H and O–H groups in total. The molecule has 2 aromatic carbocycles. The number of halogens is 2. The van der Waals surface area contributed by atoms with Gasteiger partial charge in [-0.1, -0.05) is 35.3 Å². The van der Waals surface area contributed by atoms with Crippen LogP contribution >= 0.6 is 23.2 Å². The van der Waals surface area contributed by atoms with E-state index in [2.05, 4.69) is 0 Å². The number of benzene rings is 2. The highest BCUT2D eigenvalue weighted by Crippen LogP contribution is 2.30. The molecule has 4 nitrogen and oxygen atoms in total. The van der Waals surface area contributed by atoms with Gasteiger partial charge in [-0.15, -0.1) is 0 Å². The van der Waals surface area contributed by atoms with Crippen LogP contribution < -0.4 is 10.0 Å². The lowest BCUT2D eigenvalue weighted by atomic mass is 10.1. The van der Waals surface area contributed by atoms with Crippen molar-refractivity contribution in [2.45, 2.75) is 18.2 Å². The van der Waals surface area contributed by atoms with E-state index >= 15 is 0 Å². The zero-order chi connectivity index (χ0) is 17.0. The number of hydrogen-bond donors (Lipinski definition) is 1. The van der Waals surface area contributed by atoms with Crippen LogP contribution in [-0.2, 0) is 16.4 Å². The lowest BCUT2D eigenvalue weighted by molar-refractivity contribution is 0.592. The number of nitrogens with two attached hydrogens (primary N) is 1. The average Bonchev–Trinajstić information content (AvgIpc) is 2.52. The first-order valence-electron chi connectivity index (χ1n) is 7.17. The third-order valence-electron chi connectivity index (χ3n) is 3.41. The molecule has 0 spiro atoms. The molecule has 0 radical (unpaired) electrons. The highest BCUT2D eigenvalue weighted by molar-refractivity contribution is 7.93. The lowest BCUT2D eigenvalue weighted by Gasteiger charge is -2.23. The smallest absolute Gasteiger partial charge is 0.265 e. The minimum atomic E-state index is -3.79. The average molecular weight is 373 g/mol. The van der Waals surface area contributed by atoms with Crippen LogP contribution in [0.15, 0.2) is 47.4 Å². The number of nitrogens with zero attached hydrogens (tertiary/aromatic N) is 1. The van der Waals surface area contributed by atoms with Gasteiger partial charge < -0.3 is 5.73 Å². The maximum atomic E-state index is 12.9. The Kier molecular flexibility index (Phi) is 5.92. The Morgan fingerprint density at radius 3 is 2.30 bits per heavy atom. The fourth-order valence-corrected chi connectivity index (χ4v) is 4.49. The first-order chi connectivity index (χ1) is 10.9. The summed E-state index contributed by atoms with van der Waals surface area (Å²) < 4.78 is 27.1. The maximum Gasteiger partial charge on any atom is 0.265 e. The minimum Gasteiger partial charge on any atom is -0.330 e. The van der Waals surface area contributed by atoms with Crippen molar-refractivity contribution in [2.75, 3.05) is 17.4 Å². The molecule has 0 bridgehead atoms. The van der Waals surface area contributed by atoms with E-state index in [9.17, 15) is 8.42 Å². The summed E-state index contributed by atoms with van der Waals surface area (Å²) in [7, 11) is -3.79. The van der Waals surface area contributed by atoms with E-state index < -0.39 is 10.0 Å². The van der Waals surface area contributed by atoms with E-state index in [1.54, 1.807) is 25.1 Å². The van der Waals surface area contributed by atoms with Gasteiger partial charge in [0.2, 0.25) is 0 Å².